The van der Waals surface area contributed by atoms with Crippen LogP contribution in [0.1, 0.15) is 5.56 Å². The van der Waals surface area contributed by atoms with Crippen LogP contribution in [0.5, 0.6) is 0 Å². The molecule has 1 aliphatic heterocycles. The van der Waals surface area contributed by atoms with Crippen LogP contribution in [-0.2, 0) is 6.42 Å². The van der Waals surface area contributed by atoms with E-state index in [1.54, 1.807) is 6.07 Å². The first-order valence-corrected chi connectivity index (χ1v) is 5.96. The zero-order valence-corrected chi connectivity index (χ0v) is 9.62. The molecule has 0 saturated heterocycles. The number of nitrogens with zero attached hydrogens (tertiary/aromatic N) is 1. The van der Waals surface area contributed by atoms with Crippen molar-refractivity contribution in [1.82, 2.24) is 9.88 Å². The van der Waals surface area contributed by atoms with Crippen molar-refractivity contribution in [3.8, 4) is 0 Å². The number of fused-ring (bicyclic) bond motifs is 1. The smallest absolute Gasteiger partial charge is 0.132 e. The molecule has 1 aliphatic rings. The Morgan fingerprint density at radius 3 is 2.88 bits per heavy atom. The van der Waals surface area contributed by atoms with Crippen LogP contribution in [-0.4, -0.2) is 29.5 Å². The molecule has 0 radical (unpaired) electrons. The maximum absolute atomic E-state index is 13.7. The molecule has 2 nitrogen and oxygen atoms in total. The molecule has 0 amide bonds. The monoisotopic (exact) mass is 230 g/mol. The fraction of sp³-hybridized carbons (Fsp3) is 0.286. The molecule has 0 aliphatic carbocycles. The number of hydrogen-bond donors (Lipinski definition) is 1. The van der Waals surface area contributed by atoms with Gasteiger partial charge in [0.15, 0.2) is 0 Å². The van der Waals surface area contributed by atoms with Gasteiger partial charge in [0.1, 0.15) is 5.82 Å². The van der Waals surface area contributed by atoms with Crippen molar-refractivity contribution in [3.05, 3.63) is 47.9 Å². The normalized spacial score (nSPS) is 16.1. The van der Waals surface area contributed by atoms with Crippen LogP contribution in [0.4, 0.5) is 4.39 Å². The molecule has 1 aromatic carbocycles. The molecular formula is C14H15FN2. The predicted octanol–water partition coefficient (Wildman–Crippen LogP) is 2.72. The van der Waals surface area contributed by atoms with Crippen LogP contribution in [0.15, 0.2) is 36.5 Å². The predicted molar refractivity (Wildman–Crippen MR) is 67.5 cm³/mol. The van der Waals surface area contributed by atoms with E-state index < -0.39 is 0 Å². The molecule has 0 atom stereocenters. The molecule has 0 saturated carbocycles. The first kappa shape index (κ1) is 10.5. The summed E-state index contributed by atoms with van der Waals surface area (Å²) in [5, 5.41) is 0.750. The lowest BCUT2D eigenvalue weighted by Crippen LogP contribution is -2.22. The van der Waals surface area contributed by atoms with E-state index in [1.807, 2.05) is 12.3 Å². The molecule has 2 heterocycles. The summed E-state index contributed by atoms with van der Waals surface area (Å²) in [4.78, 5) is 5.48. The number of hydrogen-bond acceptors (Lipinski definition) is 1. The highest BCUT2D eigenvalue weighted by atomic mass is 19.1. The molecule has 0 bridgehead atoms. The highest BCUT2D eigenvalue weighted by molar-refractivity contribution is 5.83. The number of aromatic amines is 1. The van der Waals surface area contributed by atoms with E-state index in [2.05, 4.69) is 22.0 Å². The number of benzene rings is 1. The quantitative estimate of drug-likeness (QED) is 0.803. The molecule has 88 valence electrons. The summed E-state index contributed by atoms with van der Waals surface area (Å²) in [6.07, 6.45) is 7.17. The van der Waals surface area contributed by atoms with E-state index in [9.17, 15) is 4.39 Å². The first-order chi connectivity index (χ1) is 8.34. The van der Waals surface area contributed by atoms with Gasteiger partial charge >= 0.3 is 0 Å². The van der Waals surface area contributed by atoms with Crippen LogP contribution >= 0.6 is 0 Å². The van der Waals surface area contributed by atoms with Gasteiger partial charge in [-0.05, 0) is 24.1 Å². The van der Waals surface area contributed by atoms with E-state index in [1.165, 1.54) is 6.07 Å². The number of H-pyrrole nitrogens is 1. The van der Waals surface area contributed by atoms with Crippen molar-refractivity contribution in [2.75, 3.05) is 19.6 Å². The number of aromatic nitrogens is 1. The summed E-state index contributed by atoms with van der Waals surface area (Å²) >= 11 is 0. The number of rotatable bonds is 3. The largest absolute Gasteiger partial charge is 0.361 e. The summed E-state index contributed by atoms with van der Waals surface area (Å²) in [5.41, 5.74) is 1.96. The maximum atomic E-state index is 13.7. The van der Waals surface area contributed by atoms with Crippen LogP contribution in [0.25, 0.3) is 10.9 Å². The van der Waals surface area contributed by atoms with Gasteiger partial charge in [-0.1, -0.05) is 18.2 Å². The maximum Gasteiger partial charge on any atom is 0.132 e. The van der Waals surface area contributed by atoms with Crippen LogP contribution in [0, 0.1) is 5.82 Å². The molecule has 1 aromatic heterocycles. The molecule has 0 fully saturated rings. The van der Waals surface area contributed by atoms with E-state index >= 15 is 0 Å². The van der Waals surface area contributed by atoms with E-state index in [0.717, 1.165) is 42.5 Å². The van der Waals surface area contributed by atoms with Gasteiger partial charge in [-0.2, -0.15) is 0 Å². The third kappa shape index (κ3) is 1.98. The molecule has 1 N–H and O–H groups in total. The highest BCUT2D eigenvalue weighted by Crippen LogP contribution is 2.22. The average Bonchev–Trinajstić information content (AvgIpc) is 2.95. The Labute approximate surface area is 99.7 Å². The Kier molecular flexibility index (Phi) is 2.69. The summed E-state index contributed by atoms with van der Waals surface area (Å²) in [6.45, 7) is 3.02. The lowest BCUT2D eigenvalue weighted by molar-refractivity contribution is 0.357. The Balaban J connectivity index is 1.80. The molecule has 0 unspecified atom stereocenters. The molecule has 0 spiro atoms. The Bertz CT molecular complexity index is 548. The Morgan fingerprint density at radius 1 is 1.24 bits per heavy atom. The van der Waals surface area contributed by atoms with E-state index in [-0.39, 0.29) is 5.82 Å². The van der Waals surface area contributed by atoms with Crippen LogP contribution < -0.4 is 0 Å². The first-order valence-electron chi connectivity index (χ1n) is 5.96. The summed E-state index contributed by atoms with van der Waals surface area (Å²) < 4.78 is 13.7. The van der Waals surface area contributed by atoms with Gasteiger partial charge in [0.25, 0.3) is 0 Å². The average molecular weight is 230 g/mol. The van der Waals surface area contributed by atoms with Gasteiger partial charge < -0.3 is 4.98 Å². The third-order valence-corrected chi connectivity index (χ3v) is 3.33. The molecule has 17 heavy (non-hydrogen) atoms. The summed E-state index contributed by atoms with van der Waals surface area (Å²) in [7, 11) is 0. The second kappa shape index (κ2) is 4.34. The zero-order valence-electron chi connectivity index (χ0n) is 9.62. The standard InChI is InChI=1S/C14H15FN2/c15-12-4-3-5-13-14(12)11(10-16-13)6-9-17-7-1-2-8-17/h1-5,10,16H,6-9H2. The van der Waals surface area contributed by atoms with Gasteiger partial charge in [-0.15, -0.1) is 0 Å². The molecule has 3 heteroatoms. The summed E-state index contributed by atoms with van der Waals surface area (Å²) in [6, 6.07) is 5.18. The van der Waals surface area contributed by atoms with Crippen molar-refractivity contribution >= 4 is 10.9 Å². The Hall–Kier alpha value is -1.61. The van der Waals surface area contributed by atoms with E-state index in [4.69, 9.17) is 0 Å². The van der Waals surface area contributed by atoms with Crippen LogP contribution in [0.2, 0.25) is 0 Å². The van der Waals surface area contributed by atoms with E-state index in [0.29, 0.717) is 0 Å². The van der Waals surface area contributed by atoms with Crippen LogP contribution in [0.3, 0.4) is 0 Å². The van der Waals surface area contributed by atoms with Crippen molar-refractivity contribution < 1.29 is 4.39 Å². The van der Waals surface area contributed by atoms with Gasteiger partial charge in [-0.3, -0.25) is 4.90 Å². The Morgan fingerprint density at radius 2 is 2.06 bits per heavy atom. The number of nitrogens with one attached hydrogen (secondary N) is 1. The van der Waals surface area contributed by atoms with Gasteiger partial charge in [0.2, 0.25) is 0 Å². The number of halogens is 1. The third-order valence-electron chi connectivity index (χ3n) is 3.33. The second-order valence-corrected chi connectivity index (χ2v) is 4.46. The molecule has 2 aromatic rings. The minimum atomic E-state index is -0.127. The van der Waals surface area contributed by atoms with Crippen molar-refractivity contribution in [2.45, 2.75) is 6.42 Å². The second-order valence-electron chi connectivity index (χ2n) is 4.46. The lowest BCUT2D eigenvalue weighted by atomic mass is 10.1. The zero-order chi connectivity index (χ0) is 11.7. The fourth-order valence-corrected chi connectivity index (χ4v) is 2.39. The molecular weight excluding hydrogens is 215 g/mol. The van der Waals surface area contributed by atoms with Crippen molar-refractivity contribution in [3.63, 3.8) is 0 Å². The minimum Gasteiger partial charge on any atom is -0.361 e. The lowest BCUT2D eigenvalue weighted by Gasteiger charge is -2.13. The van der Waals surface area contributed by atoms with Crippen molar-refractivity contribution in [1.29, 1.82) is 0 Å². The topological polar surface area (TPSA) is 19.0 Å². The summed E-state index contributed by atoms with van der Waals surface area (Å²) in [5.74, 6) is -0.127. The van der Waals surface area contributed by atoms with Gasteiger partial charge in [0.05, 0.1) is 0 Å². The van der Waals surface area contributed by atoms with Gasteiger partial charge in [-0.25, -0.2) is 4.39 Å². The van der Waals surface area contributed by atoms with Gasteiger partial charge in [0, 0.05) is 36.7 Å². The van der Waals surface area contributed by atoms with Crippen molar-refractivity contribution in [2.24, 2.45) is 0 Å². The SMILES string of the molecule is Fc1cccc2[nH]cc(CCN3CC=CC3)c12. The highest BCUT2D eigenvalue weighted by Gasteiger charge is 2.11. The fourth-order valence-electron chi connectivity index (χ4n) is 2.39. The minimum absolute atomic E-state index is 0.127. The molecule has 3 rings (SSSR count).